The number of hydrogen-bond acceptors (Lipinski definition) is 5. The van der Waals surface area contributed by atoms with E-state index >= 15 is 0 Å². The summed E-state index contributed by atoms with van der Waals surface area (Å²) < 4.78 is 0. The maximum atomic E-state index is 4.61. The van der Waals surface area contributed by atoms with E-state index in [1.807, 2.05) is 37.3 Å². The number of nitrogens with one attached hydrogen (secondary N) is 2. The monoisotopic (exact) mass is 298 g/mol. The fourth-order valence-corrected chi connectivity index (χ4v) is 3.10. The van der Waals surface area contributed by atoms with Crippen molar-refractivity contribution < 1.29 is 0 Å². The van der Waals surface area contributed by atoms with Crippen LogP contribution in [0, 0.1) is 0 Å². The van der Waals surface area contributed by atoms with E-state index in [4.69, 9.17) is 0 Å². The van der Waals surface area contributed by atoms with Gasteiger partial charge in [-0.3, -0.25) is 0 Å². The molecule has 2 heterocycles. The Morgan fingerprint density at radius 2 is 1.90 bits per heavy atom. The molecule has 2 aromatic heterocycles. The van der Waals surface area contributed by atoms with Gasteiger partial charge in [-0.15, -0.1) is 11.3 Å². The zero-order valence-corrected chi connectivity index (χ0v) is 13.0. The summed E-state index contributed by atoms with van der Waals surface area (Å²) in [5.74, 6) is 1.53. The lowest BCUT2D eigenvalue weighted by atomic mass is 10.3. The molecule has 0 amide bonds. The lowest BCUT2D eigenvalue weighted by molar-refractivity contribution is 1.11. The molecule has 0 aliphatic rings. The van der Waals surface area contributed by atoms with Crippen molar-refractivity contribution in [1.82, 2.24) is 9.97 Å². The zero-order valence-electron chi connectivity index (χ0n) is 12.2. The second-order valence-corrected chi connectivity index (χ2v) is 5.82. The van der Waals surface area contributed by atoms with Gasteiger partial charge in [0.05, 0.1) is 5.39 Å². The smallest absolute Gasteiger partial charge is 0.226 e. The zero-order chi connectivity index (χ0) is 14.7. The number of aryl methyl sites for hydroxylation is 1. The van der Waals surface area contributed by atoms with Gasteiger partial charge in [-0.1, -0.05) is 25.1 Å². The number of rotatable bonds is 5. The highest BCUT2D eigenvalue weighted by molar-refractivity contribution is 7.18. The van der Waals surface area contributed by atoms with Crippen LogP contribution in [0.25, 0.3) is 10.2 Å². The van der Waals surface area contributed by atoms with Gasteiger partial charge in [0.1, 0.15) is 10.6 Å². The minimum atomic E-state index is 0.674. The van der Waals surface area contributed by atoms with Crippen LogP contribution in [-0.2, 0) is 6.42 Å². The Morgan fingerprint density at radius 3 is 2.62 bits per heavy atom. The second kappa shape index (κ2) is 6.10. The van der Waals surface area contributed by atoms with E-state index in [9.17, 15) is 0 Å². The van der Waals surface area contributed by atoms with Gasteiger partial charge in [0.2, 0.25) is 5.95 Å². The van der Waals surface area contributed by atoms with Crippen molar-refractivity contribution in [3.8, 4) is 0 Å². The molecular weight excluding hydrogens is 280 g/mol. The average Bonchev–Trinajstić information content (AvgIpc) is 2.92. The molecule has 2 N–H and O–H groups in total. The van der Waals surface area contributed by atoms with Gasteiger partial charge in [0, 0.05) is 17.1 Å². The molecule has 21 heavy (non-hydrogen) atoms. The summed E-state index contributed by atoms with van der Waals surface area (Å²) in [5.41, 5.74) is 1.03. The van der Waals surface area contributed by atoms with Crippen molar-refractivity contribution in [2.45, 2.75) is 20.3 Å². The van der Waals surface area contributed by atoms with Gasteiger partial charge in [0.25, 0.3) is 0 Å². The first kappa shape index (κ1) is 13.8. The van der Waals surface area contributed by atoms with Crippen molar-refractivity contribution >= 4 is 39.0 Å². The van der Waals surface area contributed by atoms with Crippen LogP contribution in [0.15, 0.2) is 36.4 Å². The fraction of sp³-hybridized carbons (Fsp3) is 0.250. The Balaban J connectivity index is 2.07. The molecule has 0 aliphatic heterocycles. The van der Waals surface area contributed by atoms with Crippen molar-refractivity contribution in [3.05, 3.63) is 41.3 Å². The third-order valence-corrected chi connectivity index (χ3v) is 4.34. The molecule has 1 aromatic carbocycles. The lowest BCUT2D eigenvalue weighted by Gasteiger charge is -2.09. The van der Waals surface area contributed by atoms with Crippen LogP contribution >= 0.6 is 11.3 Å². The highest BCUT2D eigenvalue weighted by Gasteiger charge is 2.11. The summed E-state index contributed by atoms with van der Waals surface area (Å²) >= 11 is 1.73. The molecule has 5 heteroatoms. The molecular formula is C16H18N4S. The molecule has 108 valence electrons. The van der Waals surface area contributed by atoms with E-state index in [2.05, 4.69) is 33.6 Å². The Kier molecular flexibility index (Phi) is 4.01. The van der Waals surface area contributed by atoms with Crippen molar-refractivity contribution in [1.29, 1.82) is 0 Å². The largest absolute Gasteiger partial charge is 0.354 e. The molecule has 0 aliphatic carbocycles. The first-order chi connectivity index (χ1) is 10.3. The number of fused-ring (bicyclic) bond motifs is 1. The molecule has 0 fully saturated rings. The minimum absolute atomic E-state index is 0.674. The first-order valence-corrected chi connectivity index (χ1v) is 7.98. The van der Waals surface area contributed by atoms with Crippen molar-refractivity contribution in [2.75, 3.05) is 17.2 Å². The SMILES string of the molecule is CCNc1nc(Nc2ccccc2)c2cc(CC)sc2n1. The topological polar surface area (TPSA) is 49.8 Å². The summed E-state index contributed by atoms with van der Waals surface area (Å²) in [4.78, 5) is 11.5. The number of para-hydroxylation sites is 1. The van der Waals surface area contributed by atoms with E-state index < -0.39 is 0 Å². The van der Waals surface area contributed by atoms with E-state index in [1.165, 1.54) is 4.88 Å². The molecule has 4 nitrogen and oxygen atoms in total. The molecule has 0 bridgehead atoms. The number of nitrogens with zero attached hydrogens (tertiary/aromatic N) is 2. The number of benzene rings is 1. The molecule has 0 spiro atoms. The maximum absolute atomic E-state index is 4.61. The molecule has 0 saturated heterocycles. The predicted octanol–water partition coefficient (Wildman–Crippen LogP) is 4.43. The molecule has 3 rings (SSSR count). The molecule has 0 atom stereocenters. The standard InChI is InChI=1S/C16H18N4S/c1-3-12-10-13-14(18-11-8-6-5-7-9-11)19-16(17-4-2)20-15(13)21-12/h5-10H,3-4H2,1-2H3,(H2,17,18,19,20). The van der Waals surface area contributed by atoms with E-state index in [0.29, 0.717) is 5.95 Å². The van der Waals surface area contributed by atoms with Gasteiger partial charge in [0.15, 0.2) is 0 Å². The summed E-state index contributed by atoms with van der Waals surface area (Å²) in [6.45, 7) is 5.01. The van der Waals surface area contributed by atoms with Gasteiger partial charge < -0.3 is 10.6 Å². The van der Waals surface area contributed by atoms with Gasteiger partial charge in [-0.2, -0.15) is 4.98 Å². The Hall–Kier alpha value is -2.14. The van der Waals surface area contributed by atoms with E-state index in [0.717, 1.165) is 34.7 Å². The number of anilines is 3. The van der Waals surface area contributed by atoms with Gasteiger partial charge in [-0.05, 0) is 31.5 Å². The number of thiophene rings is 1. The van der Waals surface area contributed by atoms with Crippen LogP contribution in [0.5, 0.6) is 0 Å². The van der Waals surface area contributed by atoms with Crippen molar-refractivity contribution in [3.63, 3.8) is 0 Å². The van der Waals surface area contributed by atoms with E-state index in [-0.39, 0.29) is 0 Å². The summed E-state index contributed by atoms with van der Waals surface area (Å²) in [5, 5.41) is 7.68. The highest BCUT2D eigenvalue weighted by atomic mass is 32.1. The summed E-state index contributed by atoms with van der Waals surface area (Å²) in [7, 11) is 0. The van der Waals surface area contributed by atoms with Crippen LogP contribution in [0.4, 0.5) is 17.5 Å². The normalized spacial score (nSPS) is 10.8. The van der Waals surface area contributed by atoms with Crippen LogP contribution in [0.3, 0.4) is 0 Å². The summed E-state index contributed by atoms with van der Waals surface area (Å²) in [6, 6.07) is 12.3. The quantitative estimate of drug-likeness (QED) is 0.731. The van der Waals surface area contributed by atoms with Crippen molar-refractivity contribution in [2.24, 2.45) is 0 Å². The van der Waals surface area contributed by atoms with Crippen LogP contribution in [-0.4, -0.2) is 16.5 Å². The Morgan fingerprint density at radius 1 is 1.10 bits per heavy atom. The molecule has 0 unspecified atom stereocenters. The van der Waals surface area contributed by atoms with Crippen LogP contribution in [0.1, 0.15) is 18.7 Å². The minimum Gasteiger partial charge on any atom is -0.354 e. The fourth-order valence-electron chi connectivity index (χ4n) is 2.14. The highest BCUT2D eigenvalue weighted by Crippen LogP contribution is 2.31. The lowest BCUT2D eigenvalue weighted by Crippen LogP contribution is -2.04. The third-order valence-electron chi connectivity index (χ3n) is 3.16. The van der Waals surface area contributed by atoms with Gasteiger partial charge >= 0.3 is 0 Å². The number of hydrogen-bond donors (Lipinski definition) is 2. The molecule has 3 aromatic rings. The average molecular weight is 298 g/mol. The molecule has 0 radical (unpaired) electrons. The summed E-state index contributed by atoms with van der Waals surface area (Å²) in [6.07, 6.45) is 1.02. The maximum Gasteiger partial charge on any atom is 0.226 e. The van der Waals surface area contributed by atoms with Crippen LogP contribution in [0.2, 0.25) is 0 Å². The second-order valence-electron chi connectivity index (χ2n) is 4.70. The molecule has 0 saturated carbocycles. The third kappa shape index (κ3) is 2.97. The van der Waals surface area contributed by atoms with Gasteiger partial charge in [-0.25, -0.2) is 4.98 Å². The first-order valence-electron chi connectivity index (χ1n) is 7.16. The predicted molar refractivity (Wildman–Crippen MR) is 90.7 cm³/mol. The van der Waals surface area contributed by atoms with Crippen LogP contribution < -0.4 is 10.6 Å². The number of aromatic nitrogens is 2. The Bertz CT molecular complexity index is 737. The Labute approximate surface area is 128 Å². The van der Waals surface area contributed by atoms with E-state index in [1.54, 1.807) is 11.3 Å².